The second-order valence-electron chi connectivity index (χ2n) is 7.02. The van der Waals surface area contributed by atoms with Crippen LogP contribution in [-0.4, -0.2) is 29.3 Å². The predicted octanol–water partition coefficient (Wildman–Crippen LogP) is 4.90. The average Bonchev–Trinajstić information content (AvgIpc) is 3.05. The largest absolute Gasteiger partial charge is 0.335 e. The summed E-state index contributed by atoms with van der Waals surface area (Å²) >= 11 is 1.87. The van der Waals surface area contributed by atoms with Gasteiger partial charge in [0.2, 0.25) is 0 Å². The van der Waals surface area contributed by atoms with E-state index in [1.54, 1.807) is 0 Å². The van der Waals surface area contributed by atoms with Gasteiger partial charge in [0.15, 0.2) is 0 Å². The molecule has 0 spiro atoms. The maximum atomic E-state index is 12.7. The number of nitrogens with zero attached hydrogens (tertiary/aromatic N) is 1. The summed E-state index contributed by atoms with van der Waals surface area (Å²) in [7, 11) is 0. The topological polar surface area (TPSA) is 32.3 Å². The van der Waals surface area contributed by atoms with Crippen LogP contribution in [0.4, 0.5) is 4.79 Å². The minimum atomic E-state index is 0.125. The summed E-state index contributed by atoms with van der Waals surface area (Å²) in [6.45, 7) is 5.27. The third-order valence-corrected chi connectivity index (χ3v) is 6.23. The Morgan fingerprint density at radius 2 is 1.87 bits per heavy atom. The third-order valence-electron chi connectivity index (χ3n) is 4.97. The van der Waals surface area contributed by atoms with E-state index in [0.717, 1.165) is 25.1 Å². The van der Waals surface area contributed by atoms with E-state index in [0.29, 0.717) is 12.0 Å². The zero-order valence-electron chi connectivity index (χ0n) is 14.3. The Labute approximate surface area is 144 Å². The molecule has 0 bridgehead atoms. The fourth-order valence-corrected chi connectivity index (χ4v) is 4.76. The van der Waals surface area contributed by atoms with Gasteiger partial charge in [-0.1, -0.05) is 57.4 Å². The third kappa shape index (κ3) is 4.03. The first-order chi connectivity index (χ1) is 11.1. The number of carbonyl (C=O) groups is 1. The lowest BCUT2D eigenvalue weighted by atomic mass is 9.96. The highest BCUT2D eigenvalue weighted by molar-refractivity contribution is 7.99. The number of hydrogen-bond acceptors (Lipinski definition) is 2. The lowest BCUT2D eigenvalue weighted by Crippen LogP contribution is -2.45. The molecule has 1 aromatic carbocycles. The van der Waals surface area contributed by atoms with Crippen LogP contribution in [0.2, 0.25) is 0 Å². The Hall–Kier alpha value is -1.16. The van der Waals surface area contributed by atoms with Gasteiger partial charge in [-0.05, 0) is 29.9 Å². The zero-order chi connectivity index (χ0) is 16.2. The molecule has 2 aliphatic rings. The molecule has 3 nitrogen and oxygen atoms in total. The Morgan fingerprint density at radius 1 is 1.17 bits per heavy atom. The number of thioether (sulfide) groups is 1. The molecule has 0 aromatic heterocycles. The van der Waals surface area contributed by atoms with E-state index < -0.39 is 0 Å². The van der Waals surface area contributed by atoms with Crippen LogP contribution in [0.1, 0.15) is 68.4 Å². The fourth-order valence-electron chi connectivity index (χ4n) is 3.50. The standard InChI is InChI=1S/C19H28N2OS/c1-14(2)15-8-10-16(11-9-15)18-21(12-13-23-18)19(22)20-17-6-4-3-5-7-17/h8-11,14,17-18H,3-7,12-13H2,1-2H3,(H,20,22)/t18-/m0/s1. The second-order valence-corrected chi connectivity index (χ2v) is 8.21. The number of urea groups is 1. The summed E-state index contributed by atoms with van der Waals surface area (Å²) in [6, 6.07) is 9.30. The van der Waals surface area contributed by atoms with E-state index in [4.69, 9.17) is 0 Å². The van der Waals surface area contributed by atoms with Gasteiger partial charge in [0.1, 0.15) is 5.37 Å². The molecule has 126 valence electrons. The van der Waals surface area contributed by atoms with Gasteiger partial charge in [0, 0.05) is 18.3 Å². The van der Waals surface area contributed by atoms with Crippen molar-refractivity contribution in [2.75, 3.05) is 12.3 Å². The van der Waals surface area contributed by atoms with Crippen molar-refractivity contribution in [3.63, 3.8) is 0 Å². The van der Waals surface area contributed by atoms with Gasteiger partial charge >= 0.3 is 6.03 Å². The minimum Gasteiger partial charge on any atom is -0.335 e. The van der Waals surface area contributed by atoms with Gasteiger partial charge in [-0.25, -0.2) is 4.79 Å². The van der Waals surface area contributed by atoms with Crippen molar-refractivity contribution in [2.45, 2.75) is 63.3 Å². The number of hydrogen-bond donors (Lipinski definition) is 1. The monoisotopic (exact) mass is 332 g/mol. The SMILES string of the molecule is CC(C)c1ccc([C@@H]2SCCN2C(=O)NC2CCCCC2)cc1. The maximum absolute atomic E-state index is 12.7. The Bertz CT molecular complexity index is 523. The molecule has 4 heteroatoms. The molecule has 0 unspecified atom stereocenters. The quantitative estimate of drug-likeness (QED) is 0.854. The van der Waals surface area contributed by atoms with Crippen molar-refractivity contribution in [2.24, 2.45) is 0 Å². The van der Waals surface area contributed by atoms with Crippen molar-refractivity contribution < 1.29 is 4.79 Å². The van der Waals surface area contributed by atoms with Crippen LogP contribution >= 0.6 is 11.8 Å². The van der Waals surface area contributed by atoms with Crippen LogP contribution in [0.15, 0.2) is 24.3 Å². The summed E-state index contributed by atoms with van der Waals surface area (Å²) < 4.78 is 0. The Kier molecular flexibility index (Phi) is 5.52. The normalized spacial score (nSPS) is 22.6. The highest BCUT2D eigenvalue weighted by atomic mass is 32.2. The van der Waals surface area contributed by atoms with Gasteiger partial charge in [0.25, 0.3) is 0 Å². The van der Waals surface area contributed by atoms with Crippen LogP contribution in [0.25, 0.3) is 0 Å². The van der Waals surface area contributed by atoms with Crippen LogP contribution in [-0.2, 0) is 0 Å². The first kappa shape index (κ1) is 16.7. The molecule has 0 radical (unpaired) electrons. The van der Waals surface area contributed by atoms with Crippen molar-refractivity contribution in [1.82, 2.24) is 10.2 Å². The lowest BCUT2D eigenvalue weighted by Gasteiger charge is -2.29. The smallest absolute Gasteiger partial charge is 0.318 e. The number of benzene rings is 1. The second kappa shape index (κ2) is 7.61. The van der Waals surface area contributed by atoms with E-state index in [9.17, 15) is 4.79 Å². The molecular weight excluding hydrogens is 304 g/mol. The summed E-state index contributed by atoms with van der Waals surface area (Å²) in [4.78, 5) is 14.7. The van der Waals surface area contributed by atoms with Crippen molar-refractivity contribution in [3.05, 3.63) is 35.4 Å². The van der Waals surface area contributed by atoms with E-state index in [2.05, 4.69) is 43.4 Å². The Balaban J connectivity index is 1.65. The summed E-state index contributed by atoms with van der Waals surface area (Å²) in [6.07, 6.45) is 6.09. The van der Waals surface area contributed by atoms with Gasteiger partial charge in [-0.2, -0.15) is 0 Å². The van der Waals surface area contributed by atoms with Crippen molar-refractivity contribution >= 4 is 17.8 Å². The molecule has 1 saturated carbocycles. The fraction of sp³-hybridized carbons (Fsp3) is 0.632. The molecule has 1 aromatic rings. The van der Waals surface area contributed by atoms with Gasteiger partial charge in [-0.15, -0.1) is 11.8 Å². The van der Waals surface area contributed by atoms with Gasteiger partial charge < -0.3 is 10.2 Å². The van der Waals surface area contributed by atoms with Crippen molar-refractivity contribution in [3.8, 4) is 0 Å². The molecule has 2 amide bonds. The molecule has 1 aliphatic heterocycles. The number of carbonyl (C=O) groups excluding carboxylic acids is 1. The van der Waals surface area contributed by atoms with Crippen LogP contribution < -0.4 is 5.32 Å². The molecule has 1 atom stereocenters. The molecule has 23 heavy (non-hydrogen) atoms. The van der Waals surface area contributed by atoms with Crippen molar-refractivity contribution in [1.29, 1.82) is 0 Å². The van der Waals surface area contributed by atoms with Crippen LogP contribution in [0, 0.1) is 0 Å². The summed E-state index contributed by atoms with van der Waals surface area (Å²) in [5, 5.41) is 3.43. The Morgan fingerprint density at radius 3 is 2.52 bits per heavy atom. The average molecular weight is 333 g/mol. The first-order valence-electron chi connectivity index (χ1n) is 8.94. The molecule has 1 saturated heterocycles. The summed E-state index contributed by atoms with van der Waals surface area (Å²) in [5.41, 5.74) is 2.60. The maximum Gasteiger partial charge on any atom is 0.318 e. The molecule has 2 fully saturated rings. The van der Waals surface area contributed by atoms with E-state index in [1.165, 1.54) is 30.4 Å². The molecule has 1 N–H and O–H groups in total. The zero-order valence-corrected chi connectivity index (χ0v) is 15.1. The number of amides is 2. The molecule has 3 rings (SSSR count). The van der Waals surface area contributed by atoms with Gasteiger partial charge in [0.05, 0.1) is 0 Å². The van der Waals surface area contributed by atoms with Crippen LogP contribution in [0.3, 0.4) is 0 Å². The molecular formula is C19H28N2OS. The molecule has 1 aliphatic carbocycles. The predicted molar refractivity (Wildman–Crippen MR) is 97.8 cm³/mol. The number of nitrogens with one attached hydrogen (secondary N) is 1. The van der Waals surface area contributed by atoms with E-state index >= 15 is 0 Å². The van der Waals surface area contributed by atoms with Crippen LogP contribution in [0.5, 0.6) is 0 Å². The highest BCUT2D eigenvalue weighted by Gasteiger charge is 2.31. The number of rotatable bonds is 3. The van der Waals surface area contributed by atoms with E-state index in [1.807, 2.05) is 16.7 Å². The van der Waals surface area contributed by atoms with Gasteiger partial charge in [-0.3, -0.25) is 0 Å². The van der Waals surface area contributed by atoms with E-state index in [-0.39, 0.29) is 11.4 Å². The minimum absolute atomic E-state index is 0.125. The first-order valence-corrected chi connectivity index (χ1v) is 9.98. The molecule has 1 heterocycles. The summed E-state index contributed by atoms with van der Waals surface area (Å²) in [5.74, 6) is 1.57. The highest BCUT2D eigenvalue weighted by Crippen LogP contribution is 2.38. The lowest BCUT2D eigenvalue weighted by molar-refractivity contribution is 0.192.